The largest absolute Gasteiger partial charge is 0.542 e. The van der Waals surface area contributed by atoms with E-state index in [1.807, 2.05) is 0 Å². The molecule has 2 rings (SSSR count). The van der Waals surface area contributed by atoms with E-state index in [9.17, 15) is 9.36 Å². The number of hydrogen-bond donors (Lipinski definition) is 0. The molecular weight excluding hydrogens is 311 g/mol. The predicted molar refractivity (Wildman–Crippen MR) is 64.9 cm³/mol. The summed E-state index contributed by atoms with van der Waals surface area (Å²) in [7, 11) is -0.849. The third kappa shape index (κ3) is 2.65. The topological polar surface area (TPSA) is 69.7 Å². The van der Waals surface area contributed by atoms with Gasteiger partial charge in [-0.15, -0.1) is 0 Å². The Bertz CT molecular complexity index is 571. The van der Waals surface area contributed by atoms with Crippen LogP contribution in [0.5, 0.6) is 5.75 Å². The van der Waals surface area contributed by atoms with E-state index >= 15 is 0 Å². The molecule has 0 fully saturated rings. The van der Waals surface area contributed by atoms with Gasteiger partial charge in [-0.2, -0.15) is 0 Å². The molecular formula is C10H7BrO5P+. The SMILES string of the molecule is O=[PH+]Oc1ccc(-c2oc(=O)oc2CBr)cc1. The summed E-state index contributed by atoms with van der Waals surface area (Å²) in [5.74, 6) is 0.543. The Morgan fingerprint density at radius 1 is 1.24 bits per heavy atom. The highest BCUT2D eigenvalue weighted by atomic mass is 79.9. The van der Waals surface area contributed by atoms with Crippen molar-refractivity contribution in [2.75, 3.05) is 0 Å². The molecule has 1 unspecified atom stereocenters. The van der Waals surface area contributed by atoms with Crippen molar-refractivity contribution in [3.63, 3.8) is 0 Å². The van der Waals surface area contributed by atoms with Crippen LogP contribution in [0.1, 0.15) is 5.76 Å². The molecule has 0 aliphatic rings. The number of hydrogen-bond acceptors (Lipinski definition) is 5. The average molecular weight is 318 g/mol. The van der Waals surface area contributed by atoms with Gasteiger partial charge in [-0.25, -0.2) is 4.79 Å². The number of alkyl halides is 1. The van der Waals surface area contributed by atoms with Gasteiger partial charge in [0.15, 0.2) is 17.3 Å². The summed E-state index contributed by atoms with van der Waals surface area (Å²) >= 11 is 3.20. The minimum absolute atomic E-state index is 0.378. The van der Waals surface area contributed by atoms with Crippen molar-refractivity contribution in [3.8, 4) is 17.1 Å². The zero-order valence-electron chi connectivity index (χ0n) is 8.44. The normalized spacial score (nSPS) is 10.6. The summed E-state index contributed by atoms with van der Waals surface area (Å²) in [4.78, 5) is 11.0. The molecule has 1 atom stereocenters. The smallest absolute Gasteiger partial charge is 0.394 e. The zero-order valence-corrected chi connectivity index (χ0v) is 11.0. The molecule has 0 aliphatic carbocycles. The molecule has 0 radical (unpaired) electrons. The fraction of sp³-hybridized carbons (Fsp3) is 0.100. The van der Waals surface area contributed by atoms with Gasteiger partial charge in [-0.3, -0.25) is 4.52 Å². The standard InChI is InChI=1S/C10H7BrO5P/c11-5-8-9(15-10(12)14-8)6-1-3-7(4-2-6)16-17-13/h1-4,17H,5H2/q+1. The number of benzene rings is 1. The van der Waals surface area contributed by atoms with Gasteiger partial charge in [-0.1, -0.05) is 15.9 Å². The van der Waals surface area contributed by atoms with Gasteiger partial charge in [-0.05, 0) is 28.8 Å². The average Bonchev–Trinajstić information content (AvgIpc) is 2.72. The molecule has 1 aromatic heterocycles. The van der Waals surface area contributed by atoms with Crippen LogP contribution in [0.15, 0.2) is 37.9 Å². The second-order valence-electron chi connectivity index (χ2n) is 3.05. The summed E-state index contributed by atoms with van der Waals surface area (Å²) < 4.78 is 24.9. The second-order valence-corrected chi connectivity index (χ2v) is 3.98. The van der Waals surface area contributed by atoms with Crippen molar-refractivity contribution in [2.24, 2.45) is 0 Å². The van der Waals surface area contributed by atoms with E-state index in [0.717, 1.165) is 0 Å². The molecule has 0 aliphatic heterocycles. The van der Waals surface area contributed by atoms with E-state index in [4.69, 9.17) is 13.4 Å². The molecule has 0 bridgehead atoms. The summed E-state index contributed by atoms with van der Waals surface area (Å²) in [5, 5.41) is 0.383. The van der Waals surface area contributed by atoms with E-state index in [-0.39, 0.29) is 0 Å². The highest BCUT2D eigenvalue weighted by Gasteiger charge is 2.14. The molecule has 7 heteroatoms. The predicted octanol–water partition coefficient (Wildman–Crippen LogP) is 3.11. The van der Waals surface area contributed by atoms with Crippen molar-refractivity contribution in [2.45, 2.75) is 5.33 Å². The van der Waals surface area contributed by atoms with Gasteiger partial charge >= 0.3 is 14.5 Å². The quantitative estimate of drug-likeness (QED) is 0.640. The van der Waals surface area contributed by atoms with E-state index in [1.54, 1.807) is 24.3 Å². The maximum absolute atomic E-state index is 11.0. The lowest BCUT2D eigenvalue weighted by atomic mass is 10.1. The molecule has 0 N–H and O–H groups in total. The van der Waals surface area contributed by atoms with Crippen LogP contribution < -0.4 is 10.3 Å². The Morgan fingerprint density at radius 2 is 1.94 bits per heavy atom. The Kier molecular flexibility index (Phi) is 3.76. The molecule has 0 spiro atoms. The van der Waals surface area contributed by atoms with Crippen molar-refractivity contribution < 1.29 is 17.9 Å². The summed E-state index contributed by atoms with van der Waals surface area (Å²) in [6, 6.07) is 6.64. The molecule has 1 heterocycles. The van der Waals surface area contributed by atoms with E-state index in [2.05, 4.69) is 15.9 Å². The summed E-state index contributed by atoms with van der Waals surface area (Å²) in [6.07, 6.45) is 0. The summed E-state index contributed by atoms with van der Waals surface area (Å²) in [5.41, 5.74) is 0.687. The number of rotatable bonds is 4. The fourth-order valence-corrected chi connectivity index (χ4v) is 1.94. The molecule has 2 aromatic rings. The van der Waals surface area contributed by atoms with Crippen molar-refractivity contribution in [1.82, 2.24) is 0 Å². The minimum atomic E-state index is -0.849. The zero-order chi connectivity index (χ0) is 12.3. The highest BCUT2D eigenvalue weighted by molar-refractivity contribution is 9.08. The third-order valence-corrected chi connectivity index (χ3v) is 2.87. The monoisotopic (exact) mass is 317 g/mol. The van der Waals surface area contributed by atoms with Gasteiger partial charge < -0.3 is 8.83 Å². The first-order valence-electron chi connectivity index (χ1n) is 4.58. The van der Waals surface area contributed by atoms with Gasteiger partial charge in [0.2, 0.25) is 0 Å². The van der Waals surface area contributed by atoms with Crippen molar-refractivity contribution in [1.29, 1.82) is 0 Å². The van der Waals surface area contributed by atoms with Crippen LogP contribution in [-0.4, -0.2) is 0 Å². The molecule has 0 saturated heterocycles. The van der Waals surface area contributed by atoms with Crippen LogP contribution in [-0.2, 0) is 9.90 Å². The van der Waals surface area contributed by atoms with Crippen LogP contribution >= 0.6 is 24.6 Å². The fourth-order valence-electron chi connectivity index (χ4n) is 1.34. The van der Waals surface area contributed by atoms with Crippen LogP contribution in [0.4, 0.5) is 0 Å². The summed E-state index contributed by atoms with van der Waals surface area (Å²) in [6.45, 7) is 0. The third-order valence-electron chi connectivity index (χ3n) is 2.04. The Hall–Kier alpha value is -1.39. The first-order valence-corrected chi connectivity index (χ1v) is 6.51. The van der Waals surface area contributed by atoms with E-state index in [0.29, 0.717) is 28.2 Å². The van der Waals surface area contributed by atoms with Gasteiger partial charge in [0, 0.05) is 5.56 Å². The second kappa shape index (κ2) is 5.29. The molecule has 0 saturated carbocycles. The maximum atomic E-state index is 11.0. The van der Waals surface area contributed by atoms with E-state index < -0.39 is 14.5 Å². The van der Waals surface area contributed by atoms with Crippen molar-refractivity contribution >= 4 is 24.6 Å². The molecule has 5 nitrogen and oxygen atoms in total. The lowest BCUT2D eigenvalue weighted by Gasteiger charge is -1.97. The molecule has 1 aromatic carbocycles. The Morgan fingerprint density at radius 3 is 2.53 bits per heavy atom. The van der Waals surface area contributed by atoms with Crippen LogP contribution in [0, 0.1) is 0 Å². The minimum Gasteiger partial charge on any atom is -0.394 e. The van der Waals surface area contributed by atoms with Crippen molar-refractivity contribution in [3.05, 3.63) is 40.6 Å². The first-order chi connectivity index (χ1) is 8.24. The lowest BCUT2D eigenvalue weighted by Crippen LogP contribution is -1.85. The molecule has 88 valence electrons. The van der Waals surface area contributed by atoms with E-state index in [1.165, 1.54) is 0 Å². The maximum Gasteiger partial charge on any atom is 0.542 e. The molecule has 17 heavy (non-hydrogen) atoms. The van der Waals surface area contributed by atoms with Crippen LogP contribution in [0.3, 0.4) is 0 Å². The number of halogens is 1. The first kappa shape index (κ1) is 12.1. The Labute approximate surface area is 106 Å². The Balaban J connectivity index is 2.38. The van der Waals surface area contributed by atoms with Crippen LogP contribution in [0.2, 0.25) is 0 Å². The van der Waals surface area contributed by atoms with Gasteiger partial charge in [0.05, 0.1) is 5.33 Å². The molecule has 0 amide bonds. The lowest BCUT2D eigenvalue weighted by molar-refractivity contribution is 0.381. The highest BCUT2D eigenvalue weighted by Crippen LogP contribution is 2.27. The van der Waals surface area contributed by atoms with Gasteiger partial charge in [0.1, 0.15) is 0 Å². The van der Waals surface area contributed by atoms with Gasteiger partial charge in [0.25, 0.3) is 0 Å². The van der Waals surface area contributed by atoms with Crippen LogP contribution in [0.25, 0.3) is 11.3 Å².